The first kappa shape index (κ1) is 20.7. The second kappa shape index (κ2) is 13.0. The van der Waals surface area contributed by atoms with Gasteiger partial charge in [0.2, 0.25) is 5.91 Å². The minimum absolute atomic E-state index is 0.00778. The number of rotatable bonds is 13. The van der Waals surface area contributed by atoms with Crippen molar-refractivity contribution in [3.63, 3.8) is 0 Å². The van der Waals surface area contributed by atoms with Gasteiger partial charge in [0.1, 0.15) is 6.04 Å². The smallest absolute Gasteiger partial charge is 0.328 e. The van der Waals surface area contributed by atoms with E-state index in [1.807, 2.05) is 6.08 Å². The van der Waals surface area contributed by atoms with Gasteiger partial charge in [-0.1, -0.05) is 51.0 Å². The molecule has 1 fully saturated rings. The van der Waals surface area contributed by atoms with Crippen LogP contribution in [0.25, 0.3) is 0 Å². The number of amides is 1. The van der Waals surface area contributed by atoms with E-state index >= 15 is 0 Å². The van der Waals surface area contributed by atoms with Crippen molar-refractivity contribution in [1.82, 2.24) is 5.32 Å². The molecule has 1 amide bonds. The predicted octanol–water partition coefficient (Wildman–Crippen LogP) is 4.53. The van der Waals surface area contributed by atoms with Crippen molar-refractivity contribution >= 4 is 11.9 Å². The summed E-state index contributed by atoms with van der Waals surface area (Å²) in [4.78, 5) is 23.9. The monoisotopic (exact) mass is 337 g/mol. The highest BCUT2D eigenvalue weighted by Crippen LogP contribution is 2.24. The van der Waals surface area contributed by atoms with Crippen molar-refractivity contribution in [1.29, 1.82) is 0 Å². The van der Waals surface area contributed by atoms with E-state index in [1.165, 1.54) is 32.1 Å². The third kappa shape index (κ3) is 9.09. The Morgan fingerprint density at radius 2 is 1.67 bits per heavy atom. The number of ether oxygens (including phenoxy) is 1. The Hall–Kier alpha value is -1.32. The number of carbonyl (C=O) groups excluding carboxylic acids is 2. The number of unbranched alkanes of at least 4 members (excludes halogenated alkanes) is 7. The topological polar surface area (TPSA) is 55.4 Å². The second-order valence-electron chi connectivity index (χ2n) is 6.93. The van der Waals surface area contributed by atoms with Crippen molar-refractivity contribution in [3.8, 4) is 0 Å². The van der Waals surface area contributed by atoms with Crippen LogP contribution in [0.2, 0.25) is 0 Å². The molecule has 0 aromatic heterocycles. The summed E-state index contributed by atoms with van der Waals surface area (Å²) in [5.41, 5.74) is 0. The first-order valence-electron chi connectivity index (χ1n) is 9.73. The van der Waals surface area contributed by atoms with Gasteiger partial charge in [-0.05, 0) is 39.0 Å². The SMILES string of the molecule is C=CCCCCCCCCCOC(=O)C(C)NC(=O)C1CCCC1. The van der Waals surface area contributed by atoms with E-state index in [0.717, 1.165) is 44.9 Å². The van der Waals surface area contributed by atoms with Crippen LogP contribution in [0.5, 0.6) is 0 Å². The molecule has 0 bridgehead atoms. The van der Waals surface area contributed by atoms with Crippen molar-refractivity contribution in [2.75, 3.05) is 6.61 Å². The molecule has 1 aliphatic rings. The lowest BCUT2D eigenvalue weighted by atomic mass is 10.1. The Balaban J connectivity index is 1.96. The van der Waals surface area contributed by atoms with Gasteiger partial charge in [-0.2, -0.15) is 0 Å². The van der Waals surface area contributed by atoms with Gasteiger partial charge in [-0.3, -0.25) is 4.79 Å². The fourth-order valence-corrected chi connectivity index (χ4v) is 3.15. The molecule has 0 aliphatic heterocycles. The van der Waals surface area contributed by atoms with Crippen LogP contribution >= 0.6 is 0 Å². The van der Waals surface area contributed by atoms with Gasteiger partial charge in [0, 0.05) is 5.92 Å². The molecule has 0 saturated heterocycles. The Morgan fingerprint density at radius 3 is 2.29 bits per heavy atom. The molecular weight excluding hydrogens is 302 g/mol. The Labute approximate surface area is 147 Å². The Kier molecular flexibility index (Phi) is 11.2. The highest BCUT2D eigenvalue weighted by molar-refractivity contribution is 5.85. The molecule has 24 heavy (non-hydrogen) atoms. The van der Waals surface area contributed by atoms with Gasteiger partial charge in [0.25, 0.3) is 0 Å². The number of hydrogen-bond donors (Lipinski definition) is 1. The third-order valence-electron chi connectivity index (χ3n) is 4.74. The lowest BCUT2D eigenvalue weighted by molar-refractivity contribution is -0.147. The molecule has 1 rings (SSSR count). The molecule has 0 aromatic rings. The van der Waals surface area contributed by atoms with Gasteiger partial charge < -0.3 is 10.1 Å². The lowest BCUT2D eigenvalue weighted by Gasteiger charge is -2.16. The molecular formula is C20H35NO3. The molecule has 1 saturated carbocycles. The van der Waals surface area contributed by atoms with Gasteiger partial charge >= 0.3 is 5.97 Å². The summed E-state index contributed by atoms with van der Waals surface area (Å²) >= 11 is 0. The molecule has 1 unspecified atom stereocenters. The average Bonchev–Trinajstić information content (AvgIpc) is 3.11. The van der Waals surface area contributed by atoms with E-state index in [4.69, 9.17) is 4.74 Å². The maximum atomic E-state index is 12.0. The van der Waals surface area contributed by atoms with Gasteiger partial charge in [0.05, 0.1) is 6.61 Å². The van der Waals surface area contributed by atoms with Crippen LogP contribution in [0.4, 0.5) is 0 Å². The molecule has 4 heteroatoms. The van der Waals surface area contributed by atoms with Crippen molar-refractivity contribution < 1.29 is 14.3 Å². The minimum Gasteiger partial charge on any atom is -0.464 e. The van der Waals surface area contributed by atoms with E-state index in [-0.39, 0.29) is 17.8 Å². The lowest BCUT2D eigenvalue weighted by Crippen LogP contribution is -2.42. The molecule has 1 N–H and O–H groups in total. The standard InChI is InChI=1S/C20H35NO3/c1-3-4-5-6-7-8-9-10-13-16-24-20(23)17(2)21-19(22)18-14-11-12-15-18/h3,17-18H,1,4-16H2,2H3,(H,21,22). The molecule has 1 atom stereocenters. The zero-order valence-electron chi connectivity index (χ0n) is 15.4. The average molecular weight is 338 g/mol. The van der Waals surface area contributed by atoms with Crippen LogP contribution in [0.1, 0.15) is 84.0 Å². The zero-order chi connectivity index (χ0) is 17.6. The maximum Gasteiger partial charge on any atom is 0.328 e. The highest BCUT2D eigenvalue weighted by atomic mass is 16.5. The number of esters is 1. The fourth-order valence-electron chi connectivity index (χ4n) is 3.15. The van der Waals surface area contributed by atoms with Crippen LogP contribution in [0, 0.1) is 5.92 Å². The van der Waals surface area contributed by atoms with E-state index in [9.17, 15) is 9.59 Å². The molecule has 0 aromatic carbocycles. The van der Waals surface area contributed by atoms with E-state index in [0.29, 0.717) is 6.61 Å². The predicted molar refractivity (Wildman–Crippen MR) is 97.7 cm³/mol. The number of allylic oxidation sites excluding steroid dienone is 1. The summed E-state index contributed by atoms with van der Waals surface area (Å²) in [5.74, 6) is -0.217. The van der Waals surface area contributed by atoms with Gasteiger partial charge in [-0.15, -0.1) is 6.58 Å². The molecule has 4 nitrogen and oxygen atoms in total. The highest BCUT2D eigenvalue weighted by Gasteiger charge is 2.25. The minimum atomic E-state index is -0.539. The number of carbonyl (C=O) groups is 2. The normalized spacial score (nSPS) is 15.9. The van der Waals surface area contributed by atoms with E-state index < -0.39 is 6.04 Å². The Bertz CT molecular complexity index is 375. The summed E-state index contributed by atoms with van der Waals surface area (Å²) in [7, 11) is 0. The second-order valence-corrected chi connectivity index (χ2v) is 6.93. The van der Waals surface area contributed by atoms with Crippen molar-refractivity contribution in [3.05, 3.63) is 12.7 Å². The third-order valence-corrected chi connectivity index (χ3v) is 4.74. The number of hydrogen-bond acceptors (Lipinski definition) is 3. The molecule has 0 heterocycles. The zero-order valence-corrected chi connectivity index (χ0v) is 15.4. The van der Waals surface area contributed by atoms with Gasteiger partial charge in [0.15, 0.2) is 0 Å². The summed E-state index contributed by atoms with van der Waals surface area (Å²) in [6.07, 6.45) is 15.5. The fraction of sp³-hybridized carbons (Fsp3) is 0.800. The molecule has 1 aliphatic carbocycles. The van der Waals surface area contributed by atoms with Crippen LogP contribution < -0.4 is 5.32 Å². The molecule has 138 valence electrons. The largest absolute Gasteiger partial charge is 0.464 e. The summed E-state index contributed by atoms with van der Waals surface area (Å²) in [5, 5.41) is 2.79. The van der Waals surface area contributed by atoms with Crippen LogP contribution in [-0.4, -0.2) is 24.5 Å². The summed E-state index contributed by atoms with van der Waals surface area (Å²) in [6.45, 7) is 5.89. The first-order chi connectivity index (χ1) is 11.6. The number of nitrogens with one attached hydrogen (secondary N) is 1. The molecule has 0 radical (unpaired) electrons. The van der Waals surface area contributed by atoms with Crippen LogP contribution in [-0.2, 0) is 14.3 Å². The van der Waals surface area contributed by atoms with E-state index in [1.54, 1.807) is 6.92 Å². The first-order valence-corrected chi connectivity index (χ1v) is 9.73. The molecule has 0 spiro atoms. The van der Waals surface area contributed by atoms with E-state index in [2.05, 4.69) is 11.9 Å². The van der Waals surface area contributed by atoms with Crippen LogP contribution in [0.3, 0.4) is 0 Å². The van der Waals surface area contributed by atoms with Crippen molar-refractivity contribution in [2.24, 2.45) is 5.92 Å². The van der Waals surface area contributed by atoms with Crippen molar-refractivity contribution in [2.45, 2.75) is 90.0 Å². The summed E-state index contributed by atoms with van der Waals surface area (Å²) in [6, 6.07) is -0.539. The Morgan fingerprint density at radius 1 is 1.08 bits per heavy atom. The van der Waals surface area contributed by atoms with Gasteiger partial charge in [-0.25, -0.2) is 4.79 Å². The quantitative estimate of drug-likeness (QED) is 0.305. The van der Waals surface area contributed by atoms with Crippen LogP contribution in [0.15, 0.2) is 12.7 Å². The maximum absolute atomic E-state index is 12.0. The summed E-state index contributed by atoms with van der Waals surface area (Å²) < 4.78 is 5.26.